The summed E-state index contributed by atoms with van der Waals surface area (Å²) in [4.78, 5) is 17.1. The van der Waals surface area contributed by atoms with Crippen LogP contribution in [0.1, 0.15) is 33.6 Å². The number of pyridine rings is 1. The smallest absolute Gasteiger partial charge is 0.143 e. The molecule has 2 heterocycles. The third kappa shape index (κ3) is 5.21. The highest BCUT2D eigenvalue weighted by Crippen LogP contribution is 2.28. The fourth-order valence-electron chi connectivity index (χ4n) is 1.79. The predicted molar refractivity (Wildman–Crippen MR) is 85.1 cm³/mol. The third-order valence-corrected chi connectivity index (χ3v) is 3.70. The molecule has 1 atom stereocenters. The van der Waals surface area contributed by atoms with Gasteiger partial charge in [0, 0.05) is 19.9 Å². The summed E-state index contributed by atoms with van der Waals surface area (Å²) in [5.41, 5.74) is 0.0417. The summed E-state index contributed by atoms with van der Waals surface area (Å²) in [6.07, 6.45) is 4.76. The molecule has 0 aliphatic carbocycles. The zero-order valence-electron chi connectivity index (χ0n) is 12.6. The summed E-state index contributed by atoms with van der Waals surface area (Å²) in [7, 11) is 1.71. The van der Waals surface area contributed by atoms with Crippen LogP contribution in [0.3, 0.4) is 0 Å². The average molecular weight is 343 g/mol. The van der Waals surface area contributed by atoms with Gasteiger partial charge in [0.05, 0.1) is 16.1 Å². The minimum absolute atomic E-state index is 0.00111. The van der Waals surface area contributed by atoms with Crippen molar-refractivity contribution in [3.63, 3.8) is 0 Å². The lowest BCUT2D eigenvalue weighted by atomic mass is 10.2. The number of halogens is 1. The van der Waals surface area contributed by atoms with Gasteiger partial charge in [0.15, 0.2) is 0 Å². The molecular formula is C15H23BrN2O2. The average Bonchev–Trinajstić information content (AvgIpc) is 2.87. The Hall–Kier alpha value is -0.940. The van der Waals surface area contributed by atoms with Crippen LogP contribution in [-0.4, -0.2) is 36.6 Å². The third-order valence-electron chi connectivity index (χ3n) is 3.08. The Morgan fingerprint density at radius 2 is 2.15 bits per heavy atom. The van der Waals surface area contributed by atoms with Crippen LogP contribution in [0.2, 0.25) is 0 Å². The van der Waals surface area contributed by atoms with Gasteiger partial charge in [0.1, 0.15) is 12.1 Å². The molecule has 5 heteroatoms. The number of nitrogens with zero attached hydrogens (tertiary/aromatic N) is 2. The molecule has 0 radical (unpaired) electrons. The standard InChI is InChI=1S/C10H11BrN2O.C5H12O/c11-9-4-1-5-12-10(9)13-6-2-3-8(13)7-14;1-5(2,3)6-4/h1,4-5,7-8H,2-3,6H2;1-4H3. The van der Waals surface area contributed by atoms with Crippen LogP contribution in [0, 0.1) is 0 Å². The van der Waals surface area contributed by atoms with Crippen molar-refractivity contribution in [1.29, 1.82) is 0 Å². The molecule has 0 saturated carbocycles. The van der Waals surface area contributed by atoms with Gasteiger partial charge in [0.25, 0.3) is 0 Å². The molecule has 1 fully saturated rings. The summed E-state index contributed by atoms with van der Waals surface area (Å²) >= 11 is 3.44. The van der Waals surface area contributed by atoms with Crippen molar-refractivity contribution >= 4 is 28.0 Å². The molecule has 2 rings (SSSR count). The summed E-state index contributed by atoms with van der Waals surface area (Å²) in [6, 6.07) is 3.82. The highest BCUT2D eigenvalue weighted by atomic mass is 79.9. The number of aromatic nitrogens is 1. The molecule has 4 nitrogen and oxygen atoms in total. The van der Waals surface area contributed by atoms with Gasteiger partial charge >= 0.3 is 0 Å². The monoisotopic (exact) mass is 342 g/mol. The summed E-state index contributed by atoms with van der Waals surface area (Å²) < 4.78 is 5.89. The molecular weight excluding hydrogens is 320 g/mol. The van der Waals surface area contributed by atoms with E-state index in [1.54, 1.807) is 13.3 Å². The van der Waals surface area contributed by atoms with Crippen molar-refractivity contribution in [2.24, 2.45) is 0 Å². The van der Waals surface area contributed by atoms with Crippen LogP contribution in [0.5, 0.6) is 0 Å². The lowest BCUT2D eigenvalue weighted by Gasteiger charge is -2.22. The molecule has 0 aromatic carbocycles. The lowest BCUT2D eigenvalue weighted by Crippen LogP contribution is -2.31. The Balaban J connectivity index is 0.000000286. The Kier molecular flexibility index (Phi) is 6.62. The minimum Gasteiger partial charge on any atom is -0.379 e. The van der Waals surface area contributed by atoms with Crippen molar-refractivity contribution in [3.05, 3.63) is 22.8 Å². The molecule has 0 bridgehead atoms. The van der Waals surface area contributed by atoms with Crippen molar-refractivity contribution < 1.29 is 9.53 Å². The number of aldehydes is 1. The first-order valence-electron chi connectivity index (χ1n) is 6.76. The van der Waals surface area contributed by atoms with E-state index in [0.717, 1.165) is 36.0 Å². The van der Waals surface area contributed by atoms with E-state index in [9.17, 15) is 4.79 Å². The van der Waals surface area contributed by atoms with Gasteiger partial charge in [-0.25, -0.2) is 4.98 Å². The first kappa shape index (κ1) is 17.1. The molecule has 1 unspecified atom stereocenters. The molecule has 20 heavy (non-hydrogen) atoms. The predicted octanol–water partition coefficient (Wildman–Crippen LogP) is 3.44. The Bertz CT molecular complexity index is 432. The maximum absolute atomic E-state index is 10.8. The minimum atomic E-state index is 0.00111. The normalized spacial score (nSPS) is 18.4. The Morgan fingerprint density at radius 1 is 1.50 bits per heavy atom. The van der Waals surface area contributed by atoms with E-state index < -0.39 is 0 Å². The SMILES string of the molecule is COC(C)(C)C.O=CC1CCCN1c1ncccc1Br. The van der Waals surface area contributed by atoms with Crippen LogP contribution in [0.4, 0.5) is 5.82 Å². The van der Waals surface area contributed by atoms with Gasteiger partial charge in [-0.3, -0.25) is 0 Å². The Labute approximate surface area is 129 Å². The molecule has 1 aromatic heterocycles. The van der Waals surface area contributed by atoms with Crippen LogP contribution >= 0.6 is 15.9 Å². The van der Waals surface area contributed by atoms with E-state index in [1.807, 2.05) is 32.9 Å². The van der Waals surface area contributed by atoms with Gasteiger partial charge in [-0.15, -0.1) is 0 Å². The summed E-state index contributed by atoms with van der Waals surface area (Å²) in [5, 5.41) is 0. The van der Waals surface area contributed by atoms with Gasteiger partial charge < -0.3 is 14.4 Å². The van der Waals surface area contributed by atoms with E-state index >= 15 is 0 Å². The van der Waals surface area contributed by atoms with E-state index in [0.29, 0.717) is 0 Å². The fourth-order valence-corrected chi connectivity index (χ4v) is 2.27. The first-order chi connectivity index (χ1) is 9.39. The molecule has 0 amide bonds. The van der Waals surface area contributed by atoms with E-state index in [4.69, 9.17) is 4.74 Å². The first-order valence-corrected chi connectivity index (χ1v) is 7.56. The largest absolute Gasteiger partial charge is 0.379 e. The zero-order chi connectivity index (χ0) is 15.2. The van der Waals surface area contributed by atoms with E-state index in [1.165, 1.54) is 0 Å². The summed E-state index contributed by atoms with van der Waals surface area (Å²) in [6.45, 7) is 6.98. The second kappa shape index (κ2) is 7.74. The van der Waals surface area contributed by atoms with Crippen LogP contribution in [0.15, 0.2) is 22.8 Å². The van der Waals surface area contributed by atoms with Crippen molar-refractivity contribution in [3.8, 4) is 0 Å². The number of carbonyl (C=O) groups is 1. The highest BCUT2D eigenvalue weighted by Gasteiger charge is 2.26. The second-order valence-corrected chi connectivity index (χ2v) is 6.52. The summed E-state index contributed by atoms with van der Waals surface area (Å²) in [5.74, 6) is 0.877. The molecule has 1 saturated heterocycles. The molecule has 1 aliphatic rings. The molecule has 0 N–H and O–H groups in total. The number of rotatable bonds is 2. The lowest BCUT2D eigenvalue weighted by molar-refractivity contribution is -0.108. The van der Waals surface area contributed by atoms with Crippen LogP contribution in [-0.2, 0) is 9.53 Å². The van der Waals surface area contributed by atoms with Crippen molar-refractivity contribution in [1.82, 2.24) is 4.98 Å². The van der Waals surface area contributed by atoms with Gasteiger partial charge in [0.2, 0.25) is 0 Å². The maximum atomic E-state index is 10.8. The van der Waals surface area contributed by atoms with Crippen LogP contribution < -0.4 is 4.90 Å². The van der Waals surface area contributed by atoms with Crippen LogP contribution in [0.25, 0.3) is 0 Å². The Morgan fingerprint density at radius 3 is 2.65 bits per heavy atom. The van der Waals surface area contributed by atoms with Gasteiger partial charge in [-0.05, 0) is 61.7 Å². The zero-order valence-corrected chi connectivity index (χ0v) is 14.2. The fraction of sp³-hybridized carbons (Fsp3) is 0.600. The van der Waals surface area contributed by atoms with Crippen molar-refractivity contribution in [2.75, 3.05) is 18.6 Å². The van der Waals surface area contributed by atoms with Crippen molar-refractivity contribution in [2.45, 2.75) is 45.3 Å². The number of hydrogen-bond donors (Lipinski definition) is 0. The van der Waals surface area contributed by atoms with E-state index in [2.05, 4.69) is 25.8 Å². The number of methoxy groups -OCH3 is 1. The highest BCUT2D eigenvalue weighted by molar-refractivity contribution is 9.10. The quantitative estimate of drug-likeness (QED) is 0.772. The number of carbonyl (C=O) groups excluding carboxylic acids is 1. The maximum Gasteiger partial charge on any atom is 0.143 e. The number of hydrogen-bond acceptors (Lipinski definition) is 4. The number of anilines is 1. The van der Waals surface area contributed by atoms with Gasteiger partial charge in [-0.2, -0.15) is 0 Å². The molecule has 1 aliphatic heterocycles. The topological polar surface area (TPSA) is 42.4 Å². The van der Waals surface area contributed by atoms with Gasteiger partial charge in [-0.1, -0.05) is 0 Å². The molecule has 1 aromatic rings. The number of ether oxygens (including phenoxy) is 1. The second-order valence-electron chi connectivity index (χ2n) is 5.66. The molecule has 0 spiro atoms. The van der Waals surface area contributed by atoms with E-state index in [-0.39, 0.29) is 11.6 Å². The molecule has 112 valence electrons.